The number of carbonyl (C=O) groups is 1. The number of hydrogen-bond donors (Lipinski definition) is 3. The molecule has 66 valence electrons. The Morgan fingerprint density at radius 2 is 2.33 bits per heavy atom. The second kappa shape index (κ2) is 3.55. The molecule has 0 spiro atoms. The molecule has 12 heavy (non-hydrogen) atoms. The maximum Gasteiger partial charge on any atom is 0.338 e. The second-order valence-electron chi connectivity index (χ2n) is 2.34. The summed E-state index contributed by atoms with van der Waals surface area (Å²) in [6.07, 6.45) is 0.565. The van der Waals surface area contributed by atoms with E-state index >= 15 is 0 Å². The molecule has 0 fully saturated rings. The van der Waals surface area contributed by atoms with E-state index in [0.717, 1.165) is 5.56 Å². The third kappa shape index (κ3) is 1.57. The summed E-state index contributed by atoms with van der Waals surface area (Å²) < 4.78 is 0. The fourth-order valence-corrected chi connectivity index (χ4v) is 1.83. The van der Waals surface area contributed by atoms with Gasteiger partial charge in [-0.05, 0) is 23.9 Å². The van der Waals surface area contributed by atoms with Crippen LogP contribution in [0.5, 0.6) is 0 Å². The Morgan fingerprint density at radius 3 is 2.83 bits per heavy atom. The zero-order valence-electron chi connectivity index (χ0n) is 6.41. The van der Waals surface area contributed by atoms with Crippen LogP contribution in [0, 0.1) is 0 Å². The highest BCUT2D eigenvalue weighted by Gasteiger charge is 2.14. The van der Waals surface area contributed by atoms with Crippen molar-refractivity contribution in [2.24, 2.45) is 5.73 Å². The van der Waals surface area contributed by atoms with E-state index < -0.39 is 5.97 Å². The molecule has 5 N–H and O–H groups in total. The minimum Gasteiger partial charge on any atom is -0.478 e. The van der Waals surface area contributed by atoms with Crippen molar-refractivity contribution in [3.63, 3.8) is 0 Å². The summed E-state index contributed by atoms with van der Waals surface area (Å²) in [6, 6.07) is 0. The van der Waals surface area contributed by atoms with Gasteiger partial charge in [-0.3, -0.25) is 0 Å². The van der Waals surface area contributed by atoms with E-state index in [2.05, 4.69) is 0 Å². The van der Waals surface area contributed by atoms with Crippen LogP contribution in [-0.4, -0.2) is 17.6 Å². The van der Waals surface area contributed by atoms with Crippen molar-refractivity contribution in [3.05, 3.63) is 16.5 Å². The Bertz CT molecular complexity index is 296. The molecule has 5 heteroatoms. The van der Waals surface area contributed by atoms with Crippen LogP contribution in [0.2, 0.25) is 0 Å². The first-order valence-electron chi connectivity index (χ1n) is 3.46. The van der Waals surface area contributed by atoms with Crippen molar-refractivity contribution in [1.82, 2.24) is 0 Å². The Balaban J connectivity index is 3.04. The van der Waals surface area contributed by atoms with Gasteiger partial charge in [0.2, 0.25) is 0 Å². The summed E-state index contributed by atoms with van der Waals surface area (Å²) in [6.45, 7) is 0.441. The summed E-state index contributed by atoms with van der Waals surface area (Å²) >= 11 is 1.24. The van der Waals surface area contributed by atoms with Crippen LogP contribution in [0.1, 0.15) is 15.9 Å². The average Bonchev–Trinajstić information content (AvgIpc) is 2.32. The van der Waals surface area contributed by atoms with E-state index in [4.69, 9.17) is 16.6 Å². The number of carboxylic acid groups (broad SMARTS) is 1. The smallest absolute Gasteiger partial charge is 0.338 e. The molecule has 0 saturated carbocycles. The molecule has 0 amide bonds. The van der Waals surface area contributed by atoms with Gasteiger partial charge in [-0.15, -0.1) is 11.3 Å². The lowest BCUT2D eigenvalue weighted by atomic mass is 10.1. The van der Waals surface area contributed by atoms with Crippen LogP contribution in [0.25, 0.3) is 0 Å². The molecule has 1 rings (SSSR count). The molecule has 0 atom stereocenters. The van der Waals surface area contributed by atoms with Crippen molar-refractivity contribution < 1.29 is 9.90 Å². The van der Waals surface area contributed by atoms with Crippen molar-refractivity contribution >= 4 is 22.3 Å². The van der Waals surface area contributed by atoms with Crippen LogP contribution in [0.4, 0.5) is 5.00 Å². The molecule has 0 aliphatic carbocycles. The van der Waals surface area contributed by atoms with E-state index in [1.165, 1.54) is 11.3 Å². The van der Waals surface area contributed by atoms with Crippen LogP contribution < -0.4 is 11.5 Å². The quantitative estimate of drug-likeness (QED) is 0.642. The number of anilines is 1. The molecule has 1 aromatic rings. The van der Waals surface area contributed by atoms with E-state index in [9.17, 15) is 4.79 Å². The normalized spacial score (nSPS) is 10.1. The third-order valence-electron chi connectivity index (χ3n) is 1.52. The van der Waals surface area contributed by atoms with E-state index in [1.807, 2.05) is 0 Å². The standard InChI is InChI=1S/C7H10N2O2S/c8-2-1-4-3-12-6(9)5(4)7(10)11/h3H,1-2,8-9H2,(H,10,11). The Labute approximate surface area is 73.8 Å². The zero-order valence-corrected chi connectivity index (χ0v) is 7.23. The predicted molar refractivity (Wildman–Crippen MR) is 48.4 cm³/mol. The summed E-state index contributed by atoms with van der Waals surface area (Å²) in [4.78, 5) is 10.7. The lowest BCUT2D eigenvalue weighted by Crippen LogP contribution is -2.07. The first-order valence-corrected chi connectivity index (χ1v) is 4.34. The maximum atomic E-state index is 10.7. The zero-order chi connectivity index (χ0) is 9.14. The predicted octanol–water partition coefficient (Wildman–Crippen LogP) is 0.530. The lowest BCUT2D eigenvalue weighted by Gasteiger charge is -1.97. The summed E-state index contributed by atoms with van der Waals surface area (Å²) in [5, 5.41) is 10.8. The Kier molecular flexibility index (Phi) is 2.67. The highest BCUT2D eigenvalue weighted by molar-refractivity contribution is 7.14. The monoisotopic (exact) mass is 186 g/mol. The molecular formula is C7H10N2O2S. The van der Waals surface area contributed by atoms with Gasteiger partial charge in [0, 0.05) is 0 Å². The van der Waals surface area contributed by atoms with Gasteiger partial charge in [-0.2, -0.15) is 0 Å². The SMILES string of the molecule is NCCc1csc(N)c1C(=O)O. The first-order chi connectivity index (χ1) is 5.66. The second-order valence-corrected chi connectivity index (χ2v) is 3.26. The number of hydrogen-bond acceptors (Lipinski definition) is 4. The van der Waals surface area contributed by atoms with E-state index in [1.54, 1.807) is 5.38 Å². The molecule has 0 saturated heterocycles. The molecule has 4 nitrogen and oxygen atoms in total. The fourth-order valence-electron chi connectivity index (χ4n) is 0.993. The average molecular weight is 186 g/mol. The number of thiophene rings is 1. The molecule has 0 aliphatic heterocycles. The molecule has 0 aliphatic rings. The van der Waals surface area contributed by atoms with Crippen LogP contribution in [0.15, 0.2) is 5.38 Å². The number of carboxylic acids is 1. The molecule has 1 heterocycles. The number of nitrogens with two attached hydrogens (primary N) is 2. The van der Waals surface area contributed by atoms with Gasteiger partial charge in [0.1, 0.15) is 5.00 Å². The van der Waals surface area contributed by atoms with Gasteiger partial charge in [0.05, 0.1) is 5.56 Å². The topological polar surface area (TPSA) is 89.3 Å². The fraction of sp³-hybridized carbons (Fsp3) is 0.286. The van der Waals surface area contributed by atoms with Crippen LogP contribution >= 0.6 is 11.3 Å². The van der Waals surface area contributed by atoms with Crippen molar-refractivity contribution in [2.75, 3.05) is 12.3 Å². The summed E-state index contributed by atoms with van der Waals surface area (Å²) in [5.41, 5.74) is 11.7. The first kappa shape index (κ1) is 9.02. The maximum absolute atomic E-state index is 10.7. The third-order valence-corrected chi connectivity index (χ3v) is 2.38. The van der Waals surface area contributed by atoms with Crippen molar-refractivity contribution in [3.8, 4) is 0 Å². The Hall–Kier alpha value is -1.07. The van der Waals surface area contributed by atoms with E-state index in [0.29, 0.717) is 18.0 Å². The minimum atomic E-state index is -0.975. The van der Waals surface area contributed by atoms with Crippen molar-refractivity contribution in [2.45, 2.75) is 6.42 Å². The van der Waals surface area contributed by atoms with Gasteiger partial charge in [0.15, 0.2) is 0 Å². The van der Waals surface area contributed by atoms with Crippen molar-refractivity contribution in [1.29, 1.82) is 0 Å². The Morgan fingerprint density at radius 1 is 1.67 bits per heavy atom. The summed E-state index contributed by atoms with van der Waals surface area (Å²) in [7, 11) is 0. The molecular weight excluding hydrogens is 176 g/mol. The number of nitrogen functional groups attached to an aromatic ring is 1. The largest absolute Gasteiger partial charge is 0.478 e. The molecule has 0 aromatic carbocycles. The van der Waals surface area contributed by atoms with Gasteiger partial charge in [-0.1, -0.05) is 0 Å². The summed E-state index contributed by atoms with van der Waals surface area (Å²) in [5.74, 6) is -0.975. The highest BCUT2D eigenvalue weighted by atomic mass is 32.1. The van der Waals surface area contributed by atoms with Gasteiger partial charge < -0.3 is 16.6 Å². The molecule has 0 bridgehead atoms. The molecule has 1 aromatic heterocycles. The minimum absolute atomic E-state index is 0.213. The van der Waals surface area contributed by atoms with Crippen LogP contribution in [0.3, 0.4) is 0 Å². The van der Waals surface area contributed by atoms with Gasteiger partial charge in [-0.25, -0.2) is 4.79 Å². The highest BCUT2D eigenvalue weighted by Crippen LogP contribution is 2.25. The van der Waals surface area contributed by atoms with Crippen LogP contribution in [-0.2, 0) is 6.42 Å². The molecule has 0 unspecified atom stereocenters. The number of aromatic carboxylic acids is 1. The lowest BCUT2D eigenvalue weighted by molar-refractivity contribution is 0.0697. The van der Waals surface area contributed by atoms with E-state index in [-0.39, 0.29) is 5.56 Å². The van der Waals surface area contributed by atoms with Gasteiger partial charge in [0.25, 0.3) is 0 Å². The van der Waals surface area contributed by atoms with Gasteiger partial charge >= 0.3 is 5.97 Å². The number of rotatable bonds is 3. The molecule has 0 radical (unpaired) electrons.